The summed E-state index contributed by atoms with van der Waals surface area (Å²) in [5.41, 5.74) is 0.494. The second kappa shape index (κ2) is 17.6. The Balaban J connectivity index is 1.67. The number of fused-ring (bicyclic) bond motifs is 1. The topological polar surface area (TPSA) is 235 Å². The van der Waals surface area contributed by atoms with E-state index in [0.717, 1.165) is 16.5 Å². The van der Waals surface area contributed by atoms with Gasteiger partial charge in [0.25, 0.3) is 0 Å². The van der Waals surface area contributed by atoms with Crippen molar-refractivity contribution in [3.63, 3.8) is 0 Å². The zero-order valence-corrected chi connectivity index (χ0v) is 29.5. The third-order valence-corrected chi connectivity index (χ3v) is 9.14. The molecule has 2 aliphatic heterocycles. The number of carbonyl (C=O) groups is 5. The van der Waals surface area contributed by atoms with E-state index in [-0.39, 0.29) is 44.9 Å². The van der Waals surface area contributed by atoms with Gasteiger partial charge < -0.3 is 46.5 Å². The van der Waals surface area contributed by atoms with Gasteiger partial charge in [0.2, 0.25) is 35.4 Å². The van der Waals surface area contributed by atoms with Crippen LogP contribution in [0.5, 0.6) is 0 Å². The van der Waals surface area contributed by atoms with Gasteiger partial charge in [-0.25, -0.2) is 4.99 Å². The van der Waals surface area contributed by atoms with Crippen LogP contribution in [0.1, 0.15) is 39.2 Å². The summed E-state index contributed by atoms with van der Waals surface area (Å²) in [4.78, 5) is 74.5. The fourth-order valence-corrected chi connectivity index (χ4v) is 6.12. The standard InChI is InChI=1S/C33H48N8O8S/c1-18(2)11-24-30(46)40-26(15-42)31(47)38-23(9-10-50-4)29(45)36-19(3)28(44)39-25(12-20-13-34-22-8-6-5-7-21(20)22)32(48)41-33(16-49-17-33)35-14-27(43)37-24/h5-8,13,18-19,23-26,34-35,42H,9-12,14-17H2,1-4H3,(H,36,45)(H,37,43)(H,38,47)(H,39,44)(H,40,46)(H,41,48)/t19-,23-,24-,25+,26-/m0/s1. The molecule has 50 heavy (non-hydrogen) atoms. The molecule has 17 heteroatoms. The van der Waals surface area contributed by atoms with Crippen molar-refractivity contribution in [3.8, 4) is 0 Å². The third-order valence-electron chi connectivity index (χ3n) is 8.49. The van der Waals surface area contributed by atoms with E-state index in [1.54, 1.807) is 6.20 Å². The lowest BCUT2D eigenvalue weighted by atomic mass is 10.0. The van der Waals surface area contributed by atoms with E-state index >= 15 is 0 Å². The van der Waals surface area contributed by atoms with Gasteiger partial charge in [0.1, 0.15) is 29.8 Å². The lowest BCUT2D eigenvalue weighted by Crippen LogP contribution is -2.73. The van der Waals surface area contributed by atoms with E-state index in [9.17, 15) is 34.2 Å². The van der Waals surface area contributed by atoms with Crippen LogP contribution < -0.4 is 31.9 Å². The average Bonchev–Trinajstić information content (AvgIpc) is 3.47. The van der Waals surface area contributed by atoms with E-state index in [1.165, 1.54) is 18.7 Å². The summed E-state index contributed by atoms with van der Waals surface area (Å²) in [5, 5.41) is 38.5. The quantitative estimate of drug-likeness (QED) is 0.166. The Morgan fingerprint density at radius 2 is 1.68 bits per heavy atom. The number of amides is 5. The number of H-pyrrole nitrogens is 1. The third kappa shape index (κ3) is 10.2. The first-order chi connectivity index (χ1) is 23.8. The molecular weight excluding hydrogens is 668 g/mol. The molecule has 1 saturated heterocycles. The number of carbonyl (C=O) groups excluding carboxylic acids is 5. The van der Waals surface area contributed by atoms with Gasteiger partial charge in [-0.15, -0.1) is 0 Å². The van der Waals surface area contributed by atoms with E-state index in [1.807, 2.05) is 44.4 Å². The number of aliphatic hydroxyl groups excluding tert-OH is 2. The summed E-state index contributed by atoms with van der Waals surface area (Å²) in [5.74, 6) is -3.31. The Hall–Kier alpha value is -4.19. The highest BCUT2D eigenvalue weighted by molar-refractivity contribution is 7.98. The van der Waals surface area contributed by atoms with Gasteiger partial charge in [-0.1, -0.05) is 32.0 Å². The molecule has 0 aliphatic carbocycles. The maximum absolute atomic E-state index is 13.9. The van der Waals surface area contributed by atoms with Crippen LogP contribution in [0.25, 0.3) is 10.9 Å². The number of nitrogens with one attached hydrogen (secondary N) is 7. The zero-order chi connectivity index (χ0) is 36.4. The molecule has 274 valence electrons. The Labute approximate surface area is 294 Å². The van der Waals surface area contributed by atoms with E-state index < -0.39 is 77.9 Å². The number of benzene rings is 1. The number of aliphatic hydroxyl groups is 2. The molecule has 1 fully saturated rings. The van der Waals surface area contributed by atoms with E-state index in [4.69, 9.17) is 4.74 Å². The number of aromatic nitrogens is 1. The Morgan fingerprint density at radius 3 is 2.34 bits per heavy atom. The Bertz CT molecular complexity index is 1560. The Kier molecular flexibility index (Phi) is 13.6. The second-order valence-corrected chi connectivity index (χ2v) is 14.0. The number of hydrogen-bond acceptors (Lipinski definition) is 10. The van der Waals surface area contributed by atoms with Gasteiger partial charge in [0.05, 0.1) is 26.4 Å². The number of para-hydroxylation sites is 1. The van der Waals surface area contributed by atoms with Crippen LogP contribution in [0.2, 0.25) is 0 Å². The lowest BCUT2D eigenvalue weighted by Gasteiger charge is -2.43. The summed E-state index contributed by atoms with van der Waals surface area (Å²) in [6.07, 6.45) is 4.15. The van der Waals surface area contributed by atoms with E-state index in [2.05, 4.69) is 41.9 Å². The van der Waals surface area contributed by atoms with Crippen molar-refractivity contribution >= 4 is 58.1 Å². The molecule has 0 unspecified atom stereocenters. The molecule has 0 saturated carbocycles. The summed E-state index contributed by atoms with van der Waals surface area (Å²) in [6.45, 7) is 4.23. The molecule has 1 aromatic carbocycles. The molecule has 2 aromatic rings. The fourth-order valence-electron chi connectivity index (χ4n) is 5.65. The molecule has 5 amide bonds. The molecule has 5 atom stereocenters. The molecule has 0 radical (unpaired) electrons. The number of rotatable bonds is 8. The molecule has 9 N–H and O–H groups in total. The molecule has 16 nitrogen and oxygen atoms in total. The highest BCUT2D eigenvalue weighted by Gasteiger charge is 2.42. The maximum atomic E-state index is 13.9. The number of ether oxygens (including phenoxy) is 1. The molecular formula is C33H48N8O8S. The zero-order valence-electron chi connectivity index (χ0n) is 28.7. The predicted molar refractivity (Wildman–Crippen MR) is 188 cm³/mol. The Morgan fingerprint density at radius 1 is 0.960 bits per heavy atom. The van der Waals surface area contributed by atoms with Crippen LogP contribution in [-0.2, 0) is 35.1 Å². The lowest BCUT2D eigenvalue weighted by molar-refractivity contribution is -0.142. The maximum Gasteiger partial charge on any atom is 0.247 e. The second-order valence-electron chi connectivity index (χ2n) is 13.1. The van der Waals surface area contributed by atoms with Gasteiger partial charge >= 0.3 is 0 Å². The van der Waals surface area contributed by atoms with Crippen molar-refractivity contribution in [2.24, 2.45) is 10.9 Å². The summed E-state index contributed by atoms with van der Waals surface area (Å²) >= 11 is 1.44. The summed E-state index contributed by atoms with van der Waals surface area (Å²) in [6, 6.07) is 1.74. The minimum absolute atomic E-state index is 0.00545. The number of aliphatic imine (C=N–C) groups is 1. The van der Waals surface area contributed by atoms with Crippen LogP contribution in [0.15, 0.2) is 35.5 Å². The van der Waals surface area contributed by atoms with Crippen LogP contribution in [0, 0.1) is 5.92 Å². The minimum atomic E-state index is -1.48. The van der Waals surface area contributed by atoms with Crippen molar-refractivity contribution < 1.29 is 38.9 Å². The largest absolute Gasteiger partial charge is 0.495 e. The molecule has 0 bridgehead atoms. The van der Waals surface area contributed by atoms with Crippen molar-refractivity contribution in [3.05, 3.63) is 36.0 Å². The highest BCUT2D eigenvalue weighted by Crippen LogP contribution is 2.20. The molecule has 1 spiro atoms. The van der Waals surface area contributed by atoms with Gasteiger partial charge in [0, 0.05) is 23.5 Å². The number of thioether (sulfide) groups is 1. The van der Waals surface area contributed by atoms with Crippen LogP contribution in [-0.4, -0.2) is 125 Å². The molecule has 2 aliphatic rings. The van der Waals surface area contributed by atoms with Crippen molar-refractivity contribution in [2.45, 2.75) is 75.9 Å². The van der Waals surface area contributed by atoms with Crippen LogP contribution in [0.4, 0.5) is 0 Å². The number of nitrogens with zero attached hydrogens (tertiary/aromatic N) is 1. The van der Waals surface area contributed by atoms with Gasteiger partial charge in [-0.2, -0.15) is 11.8 Å². The number of aromatic amines is 1. The van der Waals surface area contributed by atoms with Gasteiger partial charge in [0.15, 0.2) is 6.04 Å². The normalized spacial score (nSPS) is 27.0. The first-order valence-electron chi connectivity index (χ1n) is 16.6. The minimum Gasteiger partial charge on any atom is -0.495 e. The fraction of sp³-hybridized carbons (Fsp3) is 0.576. The van der Waals surface area contributed by atoms with Crippen molar-refractivity contribution in [1.82, 2.24) is 36.9 Å². The first-order valence-corrected chi connectivity index (χ1v) is 18.0. The highest BCUT2D eigenvalue weighted by atomic mass is 32.2. The molecule has 4 rings (SSSR count). The van der Waals surface area contributed by atoms with Gasteiger partial charge in [-0.3, -0.25) is 29.3 Å². The summed E-state index contributed by atoms with van der Waals surface area (Å²) in [7, 11) is 0. The van der Waals surface area contributed by atoms with Crippen molar-refractivity contribution in [2.75, 3.05) is 38.4 Å². The van der Waals surface area contributed by atoms with Crippen LogP contribution >= 0.6 is 11.8 Å². The number of hydrogen-bond donors (Lipinski definition) is 9. The molecule has 3 heterocycles. The van der Waals surface area contributed by atoms with E-state index in [0.29, 0.717) is 5.75 Å². The monoisotopic (exact) mass is 716 g/mol. The first kappa shape index (κ1) is 38.6. The SMILES string of the molecule is CSCC[C@@H]1NC(=O)[C@H](CO)/N=C(/O)[C@H](CC(C)C)NC(=O)CNC2(COC2)NC(=O)[C@@H](Cc2c[nH]c3ccccc23)NC(=O)[C@H](C)NC1=O. The average molecular weight is 717 g/mol. The van der Waals surface area contributed by atoms with Crippen LogP contribution in [0.3, 0.4) is 0 Å². The predicted octanol–water partition coefficient (Wildman–Crippen LogP) is -0.768. The smallest absolute Gasteiger partial charge is 0.247 e. The van der Waals surface area contributed by atoms with Gasteiger partial charge in [-0.05, 0) is 49.3 Å². The summed E-state index contributed by atoms with van der Waals surface area (Å²) < 4.78 is 5.40. The molecule has 1 aromatic heterocycles. The van der Waals surface area contributed by atoms with Crippen molar-refractivity contribution in [1.29, 1.82) is 0 Å².